The van der Waals surface area contributed by atoms with Gasteiger partial charge in [0.25, 0.3) is 0 Å². The third-order valence-corrected chi connectivity index (χ3v) is 11.1. The number of sulfone groups is 1. The first-order chi connectivity index (χ1) is 12.4. The van der Waals surface area contributed by atoms with Gasteiger partial charge in [-0.15, -0.1) is 0 Å². The summed E-state index contributed by atoms with van der Waals surface area (Å²) in [6.45, 7) is 0. The van der Waals surface area contributed by atoms with E-state index in [1.807, 2.05) is 6.07 Å². The Hall–Kier alpha value is -0.920. The minimum Gasteiger partial charge on any atom is -0.223 e. The molecular weight excluding hydrogens is 370 g/mol. The lowest BCUT2D eigenvalue weighted by Gasteiger charge is -2.40. The van der Waals surface area contributed by atoms with Crippen molar-refractivity contribution in [3.8, 4) is 0 Å². The van der Waals surface area contributed by atoms with Gasteiger partial charge >= 0.3 is 0 Å². The zero-order chi connectivity index (χ0) is 18.4. The van der Waals surface area contributed by atoms with Gasteiger partial charge in [0.1, 0.15) is 0 Å². The number of hydrogen-bond donors (Lipinski definition) is 0. The number of rotatable bonds is 4. The molecule has 1 aliphatic carbocycles. The largest absolute Gasteiger partial charge is 0.223 e. The van der Waals surface area contributed by atoms with Crippen molar-refractivity contribution < 1.29 is 16.8 Å². The Labute approximate surface area is 156 Å². The summed E-state index contributed by atoms with van der Waals surface area (Å²) in [4.78, 5) is 0.355. The third kappa shape index (κ3) is 3.12. The molecule has 2 saturated heterocycles. The summed E-state index contributed by atoms with van der Waals surface area (Å²) in [7, 11) is -6.72. The Balaban J connectivity index is 1.56. The molecule has 0 radical (unpaired) electrons. The first-order valence-corrected chi connectivity index (χ1v) is 12.8. The molecule has 0 aromatic heterocycles. The molecule has 26 heavy (non-hydrogen) atoms. The van der Waals surface area contributed by atoms with Gasteiger partial charge in [0, 0.05) is 12.1 Å². The predicted molar refractivity (Wildman–Crippen MR) is 101 cm³/mol. The molecule has 2 bridgehead atoms. The molecule has 0 N–H and O–H groups in total. The second kappa shape index (κ2) is 6.91. The number of nitrogens with zero attached hydrogens (tertiary/aromatic N) is 1. The Morgan fingerprint density at radius 1 is 0.731 bits per heavy atom. The van der Waals surface area contributed by atoms with Crippen molar-refractivity contribution >= 4 is 19.9 Å². The van der Waals surface area contributed by atoms with Crippen molar-refractivity contribution in [2.45, 2.75) is 85.3 Å². The molecule has 1 aromatic carbocycles. The first-order valence-electron chi connectivity index (χ1n) is 9.72. The lowest BCUT2D eigenvalue weighted by atomic mass is 10.0. The van der Waals surface area contributed by atoms with E-state index >= 15 is 0 Å². The highest BCUT2D eigenvalue weighted by Crippen LogP contribution is 2.43. The van der Waals surface area contributed by atoms with E-state index < -0.39 is 25.1 Å². The van der Waals surface area contributed by atoms with E-state index in [0.717, 1.165) is 44.9 Å². The Bertz CT molecular complexity index is 831. The Morgan fingerprint density at radius 2 is 1.31 bits per heavy atom. The van der Waals surface area contributed by atoms with Crippen LogP contribution in [0.25, 0.3) is 0 Å². The van der Waals surface area contributed by atoms with Gasteiger partial charge in [0.2, 0.25) is 10.0 Å². The fourth-order valence-electron chi connectivity index (χ4n) is 5.09. The van der Waals surface area contributed by atoms with Crippen LogP contribution in [0.4, 0.5) is 0 Å². The number of piperidine rings is 1. The zero-order valence-corrected chi connectivity index (χ0v) is 16.6. The van der Waals surface area contributed by atoms with E-state index in [2.05, 4.69) is 0 Å². The topological polar surface area (TPSA) is 71.5 Å². The maximum Gasteiger partial charge on any atom is 0.217 e. The quantitative estimate of drug-likeness (QED) is 0.783. The summed E-state index contributed by atoms with van der Waals surface area (Å²) in [5.74, 6) is 0. The van der Waals surface area contributed by atoms with Crippen LogP contribution >= 0.6 is 0 Å². The van der Waals surface area contributed by atoms with Crippen LogP contribution in [-0.4, -0.2) is 43.7 Å². The summed E-state index contributed by atoms with van der Waals surface area (Å²) in [5, 5.41) is -0.734. The Morgan fingerprint density at radius 3 is 1.88 bits per heavy atom. The maximum absolute atomic E-state index is 13.2. The molecule has 2 unspecified atom stereocenters. The van der Waals surface area contributed by atoms with Gasteiger partial charge in [-0.25, -0.2) is 16.8 Å². The van der Waals surface area contributed by atoms with Crippen molar-refractivity contribution in [1.82, 2.24) is 4.31 Å². The minimum atomic E-state index is -3.40. The molecule has 7 heteroatoms. The molecular formula is C19H27NO4S2. The van der Waals surface area contributed by atoms with Crippen molar-refractivity contribution in [2.75, 3.05) is 0 Å². The van der Waals surface area contributed by atoms with Crippen molar-refractivity contribution in [1.29, 1.82) is 0 Å². The smallest absolute Gasteiger partial charge is 0.217 e. The highest BCUT2D eigenvalue weighted by Gasteiger charge is 2.51. The van der Waals surface area contributed by atoms with E-state index in [0.29, 0.717) is 17.7 Å². The second-order valence-electron chi connectivity index (χ2n) is 7.97. The highest BCUT2D eigenvalue weighted by atomic mass is 32.2. The van der Waals surface area contributed by atoms with E-state index in [1.165, 1.54) is 0 Å². The SMILES string of the molecule is O=S(=O)(c1ccccc1)C1CC2CCC(C1)N2S(=O)(=O)C1CCCCC1. The molecule has 144 valence electrons. The fourth-order valence-corrected chi connectivity index (χ4v) is 9.45. The average molecular weight is 398 g/mol. The van der Waals surface area contributed by atoms with Crippen LogP contribution < -0.4 is 0 Å². The predicted octanol–water partition coefficient (Wildman–Crippen LogP) is 3.12. The first kappa shape index (κ1) is 18.4. The van der Waals surface area contributed by atoms with Gasteiger partial charge < -0.3 is 0 Å². The Kier molecular flexibility index (Phi) is 4.90. The molecule has 3 fully saturated rings. The van der Waals surface area contributed by atoms with Crippen LogP contribution in [0.5, 0.6) is 0 Å². The number of benzene rings is 1. The standard InChI is InChI=1S/C19H27NO4S2/c21-25(22,17-7-3-1-4-8-17)19-13-15-11-12-16(14-19)20(15)26(23,24)18-9-5-2-6-10-18/h1,3-4,7-8,15-16,18-19H,2,5-6,9-14H2. The number of fused-ring (bicyclic) bond motifs is 2. The van der Waals surface area contributed by atoms with E-state index in [4.69, 9.17) is 0 Å². The van der Waals surface area contributed by atoms with Gasteiger partial charge in [-0.1, -0.05) is 37.5 Å². The summed E-state index contributed by atoms with van der Waals surface area (Å²) < 4.78 is 54.1. The fraction of sp³-hybridized carbons (Fsp3) is 0.684. The summed E-state index contributed by atoms with van der Waals surface area (Å²) in [5.41, 5.74) is 0. The molecule has 0 amide bonds. The van der Waals surface area contributed by atoms with Crippen LogP contribution in [0.3, 0.4) is 0 Å². The van der Waals surface area contributed by atoms with Gasteiger partial charge in [-0.2, -0.15) is 4.31 Å². The maximum atomic E-state index is 13.2. The van der Waals surface area contributed by atoms with Crippen molar-refractivity contribution in [2.24, 2.45) is 0 Å². The summed E-state index contributed by atoms with van der Waals surface area (Å²) in [6.07, 6.45) is 7.04. The highest BCUT2D eigenvalue weighted by molar-refractivity contribution is 7.92. The van der Waals surface area contributed by atoms with E-state index in [1.54, 1.807) is 28.6 Å². The van der Waals surface area contributed by atoms with Crippen LogP contribution in [0.1, 0.15) is 57.8 Å². The second-order valence-corrected chi connectivity index (χ2v) is 12.3. The van der Waals surface area contributed by atoms with E-state index in [-0.39, 0.29) is 17.3 Å². The molecule has 0 spiro atoms. The molecule has 4 rings (SSSR count). The monoisotopic (exact) mass is 397 g/mol. The molecule has 5 nitrogen and oxygen atoms in total. The summed E-state index contributed by atoms with van der Waals surface area (Å²) >= 11 is 0. The van der Waals surface area contributed by atoms with Gasteiger partial charge in [0.15, 0.2) is 9.84 Å². The average Bonchev–Trinajstić information content (AvgIpc) is 2.94. The van der Waals surface area contributed by atoms with Gasteiger partial charge in [0.05, 0.1) is 15.4 Å². The van der Waals surface area contributed by atoms with Crippen LogP contribution in [0.15, 0.2) is 35.2 Å². The third-order valence-electron chi connectivity index (χ3n) is 6.40. The number of hydrogen-bond acceptors (Lipinski definition) is 4. The van der Waals surface area contributed by atoms with Gasteiger partial charge in [-0.3, -0.25) is 0 Å². The zero-order valence-electron chi connectivity index (χ0n) is 15.0. The molecule has 2 heterocycles. The molecule has 1 aromatic rings. The lowest BCUT2D eigenvalue weighted by molar-refractivity contribution is 0.243. The van der Waals surface area contributed by atoms with Crippen molar-refractivity contribution in [3.05, 3.63) is 30.3 Å². The summed E-state index contributed by atoms with van der Waals surface area (Å²) in [6, 6.07) is 8.27. The van der Waals surface area contributed by atoms with E-state index in [9.17, 15) is 16.8 Å². The molecule has 1 saturated carbocycles. The normalized spacial score (nSPS) is 31.2. The van der Waals surface area contributed by atoms with Gasteiger partial charge in [-0.05, 0) is 50.7 Å². The molecule has 3 aliphatic rings. The lowest BCUT2D eigenvalue weighted by Crippen LogP contribution is -2.52. The van der Waals surface area contributed by atoms with Crippen molar-refractivity contribution in [3.63, 3.8) is 0 Å². The molecule has 2 aliphatic heterocycles. The van der Waals surface area contributed by atoms with Crippen LogP contribution in [0.2, 0.25) is 0 Å². The van der Waals surface area contributed by atoms with Crippen LogP contribution in [0, 0.1) is 0 Å². The van der Waals surface area contributed by atoms with Crippen LogP contribution in [-0.2, 0) is 19.9 Å². The number of sulfonamides is 1. The minimum absolute atomic E-state index is 0.149. The molecule has 2 atom stereocenters.